The molecule has 0 bridgehead atoms. The molecule has 2 aromatic rings. The van der Waals surface area contributed by atoms with Crippen molar-refractivity contribution in [3.8, 4) is 5.75 Å². The molecule has 0 spiro atoms. The molecular weight excluding hydrogens is 414 g/mol. The van der Waals surface area contributed by atoms with Gasteiger partial charge in [-0.1, -0.05) is 36.3 Å². The van der Waals surface area contributed by atoms with Crippen molar-refractivity contribution in [2.75, 3.05) is 12.4 Å². The van der Waals surface area contributed by atoms with Gasteiger partial charge >= 0.3 is 0 Å². The van der Waals surface area contributed by atoms with E-state index in [1.54, 1.807) is 25.4 Å². The monoisotopic (exact) mass is 447 g/mol. The molecule has 3 unspecified atom stereocenters. The molecule has 2 fully saturated rings. The van der Waals surface area contributed by atoms with Crippen LogP contribution in [0.5, 0.6) is 5.75 Å². The molecule has 0 aliphatic heterocycles. The molecule has 2 N–H and O–H groups in total. The molecule has 3 aliphatic carbocycles. The number of anilines is 1. The van der Waals surface area contributed by atoms with Gasteiger partial charge in [0.2, 0.25) is 5.91 Å². The molecule has 1 heterocycles. The summed E-state index contributed by atoms with van der Waals surface area (Å²) in [4.78, 5) is 17.0. The third-order valence-electron chi connectivity index (χ3n) is 8.61. The maximum atomic E-state index is 12.7. The Kier molecular flexibility index (Phi) is 5.85. The van der Waals surface area contributed by atoms with Crippen molar-refractivity contribution in [1.29, 1.82) is 0 Å². The summed E-state index contributed by atoms with van der Waals surface area (Å²) in [6, 6.07) is 12.4. The lowest BCUT2D eigenvalue weighted by atomic mass is 9.54. The molecule has 0 saturated heterocycles. The number of amides is 1. The zero-order valence-corrected chi connectivity index (χ0v) is 19.5. The average molecular weight is 448 g/mol. The van der Waals surface area contributed by atoms with E-state index >= 15 is 0 Å². The van der Waals surface area contributed by atoms with Crippen LogP contribution in [0.25, 0.3) is 0 Å². The highest BCUT2D eigenvalue weighted by atomic mass is 16.5. The van der Waals surface area contributed by atoms with Gasteiger partial charge in [0.1, 0.15) is 11.6 Å². The quantitative estimate of drug-likeness (QED) is 0.473. The van der Waals surface area contributed by atoms with Gasteiger partial charge in [0, 0.05) is 24.1 Å². The summed E-state index contributed by atoms with van der Waals surface area (Å²) in [7, 11) is 1.60. The van der Waals surface area contributed by atoms with Crippen LogP contribution >= 0.6 is 0 Å². The molecule has 0 radical (unpaired) electrons. The number of carbonyl (C=O) groups excluding carboxylic acids is 1. The lowest BCUT2D eigenvalue weighted by molar-refractivity contribution is -0.116. The van der Waals surface area contributed by atoms with Crippen molar-refractivity contribution >= 4 is 17.4 Å². The van der Waals surface area contributed by atoms with Crippen LogP contribution in [0.3, 0.4) is 0 Å². The van der Waals surface area contributed by atoms with Crippen LogP contribution in [-0.4, -0.2) is 28.9 Å². The molecule has 1 aromatic carbocycles. The van der Waals surface area contributed by atoms with Crippen LogP contribution in [0.1, 0.15) is 62.5 Å². The van der Waals surface area contributed by atoms with Gasteiger partial charge in [0.25, 0.3) is 0 Å². The summed E-state index contributed by atoms with van der Waals surface area (Å²) in [6.07, 6.45) is 8.12. The SMILES string of the molecule is COc1ccnc(NC(=O)CC[C@@H]2C/C(=N\O)[C@@]3(C)CCC4c5ccccc5CCC4C23)c1. The zero-order valence-electron chi connectivity index (χ0n) is 19.5. The normalized spacial score (nSPS) is 31.4. The second-order valence-electron chi connectivity index (χ2n) is 10.2. The molecule has 6 nitrogen and oxygen atoms in total. The highest BCUT2D eigenvalue weighted by molar-refractivity contribution is 5.93. The van der Waals surface area contributed by atoms with E-state index in [0.717, 1.165) is 37.8 Å². The predicted molar refractivity (Wildman–Crippen MR) is 128 cm³/mol. The van der Waals surface area contributed by atoms with E-state index in [0.29, 0.717) is 41.7 Å². The Hall–Kier alpha value is -2.89. The van der Waals surface area contributed by atoms with Crippen molar-refractivity contribution in [1.82, 2.24) is 4.98 Å². The molecule has 1 amide bonds. The number of aromatic nitrogens is 1. The van der Waals surface area contributed by atoms with E-state index in [-0.39, 0.29) is 11.3 Å². The number of methoxy groups -OCH3 is 1. The number of oxime groups is 1. The number of hydrogen-bond acceptors (Lipinski definition) is 5. The number of pyridine rings is 1. The van der Waals surface area contributed by atoms with Gasteiger partial charge in [-0.25, -0.2) is 4.98 Å². The topological polar surface area (TPSA) is 83.8 Å². The second kappa shape index (κ2) is 8.81. The van der Waals surface area contributed by atoms with E-state index in [1.165, 1.54) is 17.5 Å². The molecule has 3 aliphatic rings. The van der Waals surface area contributed by atoms with Gasteiger partial charge in [-0.15, -0.1) is 0 Å². The number of carbonyl (C=O) groups is 1. The largest absolute Gasteiger partial charge is 0.497 e. The second-order valence-corrected chi connectivity index (χ2v) is 10.2. The predicted octanol–water partition coefficient (Wildman–Crippen LogP) is 5.42. The third-order valence-corrected chi connectivity index (χ3v) is 8.61. The first-order chi connectivity index (χ1) is 16.0. The van der Waals surface area contributed by atoms with Crippen molar-refractivity contribution < 1.29 is 14.7 Å². The smallest absolute Gasteiger partial charge is 0.225 e. The van der Waals surface area contributed by atoms with Gasteiger partial charge in [0.15, 0.2) is 0 Å². The van der Waals surface area contributed by atoms with E-state index < -0.39 is 0 Å². The fourth-order valence-electron chi connectivity index (χ4n) is 7.15. The molecule has 174 valence electrons. The maximum Gasteiger partial charge on any atom is 0.225 e. The maximum absolute atomic E-state index is 12.7. The Morgan fingerprint density at radius 3 is 2.97 bits per heavy atom. The number of nitrogens with one attached hydrogen (secondary N) is 1. The van der Waals surface area contributed by atoms with E-state index in [9.17, 15) is 10.0 Å². The van der Waals surface area contributed by atoms with Gasteiger partial charge < -0.3 is 15.3 Å². The van der Waals surface area contributed by atoms with Crippen molar-refractivity contribution in [3.05, 3.63) is 53.7 Å². The average Bonchev–Trinajstić information content (AvgIpc) is 3.14. The van der Waals surface area contributed by atoms with Crippen LogP contribution in [0, 0.1) is 23.2 Å². The van der Waals surface area contributed by atoms with E-state index in [1.807, 2.05) is 0 Å². The molecule has 5 atom stereocenters. The molecule has 2 saturated carbocycles. The molecule has 33 heavy (non-hydrogen) atoms. The number of ether oxygens (including phenoxy) is 1. The molecule has 1 aromatic heterocycles. The fraction of sp³-hybridized carbons (Fsp3) is 0.519. The van der Waals surface area contributed by atoms with Gasteiger partial charge in [-0.3, -0.25) is 4.79 Å². The standard InChI is InChI=1S/C27H33N3O3/c1-27-13-11-21-20-6-4-3-5-17(20)7-9-22(21)26(27)18(15-23(27)30-32)8-10-25(31)29-24-16-19(33-2)12-14-28-24/h3-6,12,14,16,18,21-22,26,32H,7-11,13,15H2,1-2H3,(H,28,29,31)/b30-23+/t18-,21?,22?,26?,27-/m1/s1. The first-order valence-corrected chi connectivity index (χ1v) is 12.1. The third kappa shape index (κ3) is 3.90. The van der Waals surface area contributed by atoms with Crippen LogP contribution in [-0.2, 0) is 11.2 Å². The highest BCUT2D eigenvalue weighted by Crippen LogP contribution is 2.62. The Labute approximate surface area is 195 Å². The first kappa shape index (κ1) is 21.9. The van der Waals surface area contributed by atoms with Gasteiger partial charge in [0.05, 0.1) is 12.8 Å². The lowest BCUT2D eigenvalue weighted by Crippen LogP contribution is -2.44. The summed E-state index contributed by atoms with van der Waals surface area (Å²) in [5.41, 5.74) is 3.88. The highest BCUT2D eigenvalue weighted by Gasteiger charge is 2.57. The Balaban J connectivity index is 1.33. The summed E-state index contributed by atoms with van der Waals surface area (Å²) in [6.45, 7) is 2.30. The van der Waals surface area contributed by atoms with Crippen molar-refractivity contribution in [3.63, 3.8) is 0 Å². The Bertz CT molecular complexity index is 1070. The van der Waals surface area contributed by atoms with Gasteiger partial charge in [-0.05, 0) is 79.4 Å². The van der Waals surface area contributed by atoms with Crippen molar-refractivity contribution in [2.24, 2.45) is 28.3 Å². The van der Waals surface area contributed by atoms with Crippen LogP contribution in [0.15, 0.2) is 47.8 Å². The van der Waals surface area contributed by atoms with Crippen LogP contribution < -0.4 is 10.1 Å². The van der Waals surface area contributed by atoms with Crippen LogP contribution in [0.4, 0.5) is 5.82 Å². The minimum atomic E-state index is -0.0717. The molecule has 5 rings (SSSR count). The summed E-state index contributed by atoms with van der Waals surface area (Å²) in [5.74, 6) is 3.08. The number of hydrogen-bond donors (Lipinski definition) is 2. The molecular formula is C27H33N3O3. The summed E-state index contributed by atoms with van der Waals surface area (Å²) < 4.78 is 5.22. The van der Waals surface area contributed by atoms with E-state index in [2.05, 4.69) is 46.6 Å². The Morgan fingerprint density at radius 1 is 1.30 bits per heavy atom. The number of nitrogens with zero attached hydrogens (tertiary/aromatic N) is 2. The fourth-order valence-corrected chi connectivity index (χ4v) is 7.15. The number of rotatable bonds is 5. The lowest BCUT2D eigenvalue weighted by Gasteiger charge is -2.50. The van der Waals surface area contributed by atoms with Crippen molar-refractivity contribution in [2.45, 2.75) is 57.8 Å². The number of aryl methyl sites for hydroxylation is 1. The van der Waals surface area contributed by atoms with Crippen LogP contribution in [0.2, 0.25) is 0 Å². The number of fused-ring (bicyclic) bond motifs is 5. The summed E-state index contributed by atoms with van der Waals surface area (Å²) >= 11 is 0. The Morgan fingerprint density at radius 2 is 2.15 bits per heavy atom. The minimum Gasteiger partial charge on any atom is -0.497 e. The summed E-state index contributed by atoms with van der Waals surface area (Å²) in [5, 5.41) is 16.5. The zero-order chi connectivity index (χ0) is 23.0. The number of benzene rings is 1. The van der Waals surface area contributed by atoms with Gasteiger partial charge in [-0.2, -0.15) is 0 Å². The van der Waals surface area contributed by atoms with E-state index in [4.69, 9.17) is 4.74 Å². The first-order valence-electron chi connectivity index (χ1n) is 12.1. The molecule has 6 heteroatoms. The minimum absolute atomic E-state index is 0.0341.